The Morgan fingerprint density at radius 1 is 1.21 bits per heavy atom. The minimum Gasteiger partial charge on any atom is -0.480 e. The van der Waals surface area contributed by atoms with E-state index in [9.17, 15) is 14.7 Å². The number of benzene rings is 1. The molecule has 0 bridgehead atoms. The van der Waals surface area contributed by atoms with Crippen LogP contribution in [-0.2, 0) is 16.1 Å². The van der Waals surface area contributed by atoms with Crippen molar-refractivity contribution in [2.24, 2.45) is 5.92 Å². The molecule has 3 N–H and O–H groups in total. The number of hydrogen-bond acceptors (Lipinski definition) is 6. The van der Waals surface area contributed by atoms with Crippen LogP contribution in [0.3, 0.4) is 0 Å². The van der Waals surface area contributed by atoms with E-state index in [-0.39, 0.29) is 11.8 Å². The van der Waals surface area contributed by atoms with Gasteiger partial charge in [-0.3, -0.25) is 19.4 Å². The molecule has 9 nitrogen and oxygen atoms in total. The Balaban J connectivity index is 1.52. The first-order valence-corrected chi connectivity index (χ1v) is 11.3. The third-order valence-electron chi connectivity index (χ3n) is 6.37. The zero-order valence-electron chi connectivity index (χ0n) is 19.5. The maximum Gasteiger partial charge on any atom is 0.325 e. The van der Waals surface area contributed by atoms with E-state index in [2.05, 4.69) is 20.4 Å². The second-order valence-electron chi connectivity index (χ2n) is 9.00. The molecule has 1 fully saturated rings. The van der Waals surface area contributed by atoms with Crippen molar-refractivity contribution < 1.29 is 19.2 Å². The van der Waals surface area contributed by atoms with Gasteiger partial charge in [-0.15, -0.1) is 0 Å². The third kappa shape index (κ3) is 4.79. The lowest BCUT2D eigenvalue weighted by Crippen LogP contribution is -2.48. The Bertz CT molecular complexity index is 1140. The van der Waals surface area contributed by atoms with Gasteiger partial charge in [0.1, 0.15) is 11.8 Å². The number of nitrogens with zero attached hydrogens (tertiary/aromatic N) is 3. The molecule has 3 aromatic rings. The van der Waals surface area contributed by atoms with Crippen molar-refractivity contribution in [1.29, 1.82) is 0 Å². The summed E-state index contributed by atoms with van der Waals surface area (Å²) in [6, 6.07) is 4.78. The normalized spacial score (nSPS) is 16.4. The summed E-state index contributed by atoms with van der Waals surface area (Å²) in [6.45, 7) is 11.1. The first kappa shape index (κ1) is 23.0. The first-order valence-electron chi connectivity index (χ1n) is 11.3. The van der Waals surface area contributed by atoms with Gasteiger partial charge >= 0.3 is 5.97 Å². The molecule has 0 aliphatic carbocycles. The number of carbonyl (C=O) groups is 2. The van der Waals surface area contributed by atoms with Crippen LogP contribution in [0.1, 0.15) is 42.5 Å². The summed E-state index contributed by atoms with van der Waals surface area (Å²) in [5, 5.41) is 17.9. The van der Waals surface area contributed by atoms with Gasteiger partial charge < -0.3 is 19.9 Å². The lowest BCUT2D eigenvalue weighted by molar-refractivity contribution is -0.144. The number of H-pyrrole nitrogens is 1. The van der Waals surface area contributed by atoms with Gasteiger partial charge in [0.15, 0.2) is 0 Å². The Labute approximate surface area is 192 Å². The van der Waals surface area contributed by atoms with E-state index in [1.807, 2.05) is 50.8 Å². The fourth-order valence-electron chi connectivity index (χ4n) is 4.35. The zero-order chi connectivity index (χ0) is 23.7. The first-order chi connectivity index (χ1) is 15.7. The average molecular weight is 454 g/mol. The number of aliphatic carboxylic acids is 1. The second-order valence-corrected chi connectivity index (χ2v) is 9.00. The number of aryl methyl sites for hydroxylation is 2. The van der Waals surface area contributed by atoms with Crippen molar-refractivity contribution in [3.05, 3.63) is 47.0 Å². The fourth-order valence-corrected chi connectivity index (χ4v) is 4.35. The smallest absolute Gasteiger partial charge is 0.325 e. The molecule has 0 radical (unpaired) electrons. The topological polar surface area (TPSA) is 115 Å². The summed E-state index contributed by atoms with van der Waals surface area (Å²) < 4.78 is 5.27. The number of aromatic nitrogens is 2. The lowest BCUT2D eigenvalue weighted by atomic mass is 10.0. The minimum atomic E-state index is -0.883. The van der Waals surface area contributed by atoms with Crippen molar-refractivity contribution in [3.63, 3.8) is 0 Å². The van der Waals surface area contributed by atoms with E-state index in [4.69, 9.17) is 4.52 Å². The summed E-state index contributed by atoms with van der Waals surface area (Å²) in [4.78, 5) is 32.0. The molecule has 0 unspecified atom stereocenters. The molecule has 176 valence electrons. The van der Waals surface area contributed by atoms with E-state index in [0.717, 1.165) is 47.6 Å². The predicted octanol–water partition coefficient (Wildman–Crippen LogP) is 3.31. The maximum atomic E-state index is 12.4. The van der Waals surface area contributed by atoms with Crippen LogP contribution >= 0.6 is 0 Å². The highest BCUT2D eigenvalue weighted by atomic mass is 16.5. The standard InChI is InChI=1S/C24H31N5O4/c1-14(2)23(30)26-17-5-6-21-18(11-17)19(12-25-21)22(24(31)32)29-9-7-28(8-10-29)13-20-15(3)27-33-16(20)4/h5-6,11-12,14,22,25H,7-10,13H2,1-4H3,(H,26,30)(H,31,32)/t22-/m0/s1. The number of fused-ring (bicyclic) bond motifs is 1. The number of hydrogen-bond donors (Lipinski definition) is 3. The minimum absolute atomic E-state index is 0.0735. The van der Waals surface area contributed by atoms with E-state index in [0.29, 0.717) is 24.3 Å². The number of amides is 1. The van der Waals surface area contributed by atoms with Crippen LogP contribution in [0.4, 0.5) is 5.69 Å². The maximum absolute atomic E-state index is 12.4. The lowest BCUT2D eigenvalue weighted by Gasteiger charge is -2.37. The average Bonchev–Trinajstić information content (AvgIpc) is 3.33. The Hall–Kier alpha value is -3.17. The highest BCUT2D eigenvalue weighted by Crippen LogP contribution is 2.31. The number of carbonyl (C=O) groups excluding carboxylic acids is 1. The SMILES string of the molecule is Cc1noc(C)c1CN1CCN([C@H](C(=O)O)c2c[nH]c3ccc(NC(=O)C(C)C)cc23)CC1. The molecule has 3 heterocycles. The molecule has 4 rings (SSSR count). The van der Waals surface area contributed by atoms with Crippen LogP contribution in [0.2, 0.25) is 0 Å². The van der Waals surface area contributed by atoms with Gasteiger partial charge in [-0.05, 0) is 32.0 Å². The molecule has 1 saturated heterocycles. The molecule has 9 heteroatoms. The summed E-state index contributed by atoms with van der Waals surface area (Å²) in [5.41, 5.74) is 4.21. The van der Waals surface area contributed by atoms with Gasteiger partial charge in [-0.1, -0.05) is 19.0 Å². The molecule has 0 spiro atoms. The van der Waals surface area contributed by atoms with Crippen LogP contribution in [-0.4, -0.2) is 63.1 Å². The van der Waals surface area contributed by atoms with Crippen LogP contribution in [0.25, 0.3) is 10.9 Å². The summed E-state index contributed by atoms with van der Waals surface area (Å²) >= 11 is 0. The van der Waals surface area contributed by atoms with Crippen molar-refractivity contribution in [2.75, 3.05) is 31.5 Å². The number of rotatable bonds is 7. The number of carboxylic acid groups (broad SMARTS) is 1. The van der Waals surface area contributed by atoms with Gasteiger partial charge in [0.25, 0.3) is 0 Å². The fraction of sp³-hybridized carbons (Fsp3) is 0.458. The Morgan fingerprint density at radius 2 is 1.94 bits per heavy atom. The quantitative estimate of drug-likeness (QED) is 0.503. The van der Waals surface area contributed by atoms with Crippen molar-refractivity contribution in [3.8, 4) is 0 Å². The van der Waals surface area contributed by atoms with E-state index < -0.39 is 12.0 Å². The van der Waals surface area contributed by atoms with Crippen LogP contribution in [0.15, 0.2) is 28.9 Å². The summed E-state index contributed by atoms with van der Waals surface area (Å²) in [7, 11) is 0. The number of nitrogens with one attached hydrogen (secondary N) is 2. The Morgan fingerprint density at radius 3 is 2.55 bits per heavy atom. The molecule has 1 aliphatic heterocycles. The molecule has 1 atom stereocenters. The van der Waals surface area contributed by atoms with Crippen LogP contribution in [0.5, 0.6) is 0 Å². The summed E-state index contributed by atoms with van der Waals surface area (Å²) in [6.07, 6.45) is 1.77. The van der Waals surface area contributed by atoms with Crippen molar-refractivity contribution >= 4 is 28.5 Å². The molecule has 0 saturated carbocycles. The Kier molecular flexibility index (Phi) is 6.53. The summed E-state index contributed by atoms with van der Waals surface area (Å²) in [5.74, 6) is -0.264. The van der Waals surface area contributed by atoms with Gasteiger partial charge in [0.2, 0.25) is 5.91 Å². The van der Waals surface area contributed by atoms with E-state index in [1.54, 1.807) is 6.20 Å². The number of piperazine rings is 1. The monoisotopic (exact) mass is 453 g/mol. The number of anilines is 1. The zero-order valence-corrected chi connectivity index (χ0v) is 19.5. The van der Waals surface area contributed by atoms with E-state index >= 15 is 0 Å². The van der Waals surface area contributed by atoms with Crippen LogP contribution < -0.4 is 5.32 Å². The highest BCUT2D eigenvalue weighted by molar-refractivity contribution is 5.96. The van der Waals surface area contributed by atoms with Gasteiger partial charge in [-0.25, -0.2) is 0 Å². The molecule has 1 amide bonds. The third-order valence-corrected chi connectivity index (χ3v) is 6.37. The molecule has 1 aliphatic rings. The van der Waals surface area contributed by atoms with Crippen LogP contribution in [0, 0.1) is 19.8 Å². The number of aromatic amines is 1. The highest BCUT2D eigenvalue weighted by Gasteiger charge is 2.32. The van der Waals surface area contributed by atoms with Gasteiger partial charge in [0, 0.05) is 72.6 Å². The predicted molar refractivity (Wildman–Crippen MR) is 125 cm³/mol. The van der Waals surface area contributed by atoms with E-state index in [1.165, 1.54) is 0 Å². The molecular formula is C24H31N5O4. The second kappa shape index (κ2) is 9.36. The van der Waals surface area contributed by atoms with Crippen molar-refractivity contribution in [1.82, 2.24) is 19.9 Å². The van der Waals surface area contributed by atoms with Gasteiger partial charge in [-0.2, -0.15) is 0 Å². The number of carboxylic acids is 1. The van der Waals surface area contributed by atoms with Crippen molar-refractivity contribution in [2.45, 2.75) is 40.3 Å². The largest absolute Gasteiger partial charge is 0.480 e. The molecule has 2 aromatic heterocycles. The molecule has 33 heavy (non-hydrogen) atoms. The molecular weight excluding hydrogens is 422 g/mol. The molecule has 1 aromatic carbocycles. The van der Waals surface area contributed by atoms with Gasteiger partial charge in [0.05, 0.1) is 5.69 Å².